The zero-order chi connectivity index (χ0) is 25.1. The van der Waals surface area contributed by atoms with E-state index in [9.17, 15) is 13.2 Å². The highest BCUT2D eigenvalue weighted by Gasteiger charge is 2.45. The van der Waals surface area contributed by atoms with Crippen molar-refractivity contribution in [2.75, 3.05) is 0 Å². The van der Waals surface area contributed by atoms with E-state index >= 15 is 0 Å². The molecular formula is C27H45F3O3. The number of rotatable bonds is 16. The van der Waals surface area contributed by atoms with Crippen LogP contribution >= 0.6 is 0 Å². The van der Waals surface area contributed by atoms with Gasteiger partial charge < -0.3 is 14.2 Å². The van der Waals surface area contributed by atoms with Gasteiger partial charge in [0.25, 0.3) is 5.97 Å². The molecule has 1 atom stereocenters. The molecule has 1 aromatic rings. The lowest BCUT2D eigenvalue weighted by Gasteiger charge is -2.43. The van der Waals surface area contributed by atoms with Crippen LogP contribution in [0.25, 0.3) is 0 Å². The highest BCUT2D eigenvalue weighted by molar-refractivity contribution is 5.26. The van der Waals surface area contributed by atoms with Crippen LogP contribution in [-0.2, 0) is 26.8 Å². The number of alkyl halides is 3. The van der Waals surface area contributed by atoms with Crippen molar-refractivity contribution in [3.05, 3.63) is 35.4 Å². The fourth-order valence-electron chi connectivity index (χ4n) is 4.09. The largest absolute Gasteiger partial charge is 0.416 e. The molecule has 0 amide bonds. The number of halogens is 3. The van der Waals surface area contributed by atoms with Gasteiger partial charge >= 0.3 is 6.18 Å². The maximum Gasteiger partial charge on any atom is 0.416 e. The topological polar surface area (TPSA) is 27.7 Å². The Hall–Kier alpha value is -1.11. The fourth-order valence-corrected chi connectivity index (χ4v) is 4.09. The van der Waals surface area contributed by atoms with Gasteiger partial charge in [-0.3, -0.25) is 0 Å². The van der Waals surface area contributed by atoms with Crippen molar-refractivity contribution in [1.82, 2.24) is 0 Å². The second-order valence-electron chi connectivity index (χ2n) is 9.76. The molecule has 0 saturated carbocycles. The van der Waals surface area contributed by atoms with E-state index in [0.717, 1.165) is 31.7 Å². The van der Waals surface area contributed by atoms with Crippen LogP contribution in [0.1, 0.15) is 105 Å². The van der Waals surface area contributed by atoms with Gasteiger partial charge in [0.05, 0.1) is 23.9 Å². The van der Waals surface area contributed by atoms with Crippen LogP contribution in [-0.4, -0.2) is 24.3 Å². The van der Waals surface area contributed by atoms with Crippen molar-refractivity contribution in [3.63, 3.8) is 0 Å². The lowest BCUT2D eigenvalue weighted by molar-refractivity contribution is -0.432. The molecule has 0 radical (unpaired) electrons. The predicted octanol–water partition coefficient (Wildman–Crippen LogP) is 8.54. The normalized spacial score (nSPS) is 14.0. The summed E-state index contributed by atoms with van der Waals surface area (Å²) in [5, 5.41) is 0. The van der Waals surface area contributed by atoms with Crippen LogP contribution in [0.5, 0.6) is 0 Å². The van der Waals surface area contributed by atoms with Crippen molar-refractivity contribution in [2.24, 2.45) is 5.92 Å². The molecule has 0 aromatic heterocycles. The highest BCUT2D eigenvalue weighted by atomic mass is 19.4. The van der Waals surface area contributed by atoms with E-state index in [4.69, 9.17) is 14.2 Å². The lowest BCUT2D eigenvalue weighted by atomic mass is 9.90. The summed E-state index contributed by atoms with van der Waals surface area (Å²) in [7, 11) is 0. The number of unbranched alkanes of at least 4 members (excludes halogenated alkanes) is 5. The van der Waals surface area contributed by atoms with Gasteiger partial charge in [-0.1, -0.05) is 63.6 Å². The molecule has 0 bridgehead atoms. The second-order valence-corrected chi connectivity index (χ2v) is 9.76. The molecule has 6 heteroatoms. The van der Waals surface area contributed by atoms with Crippen molar-refractivity contribution in [3.8, 4) is 0 Å². The van der Waals surface area contributed by atoms with Crippen molar-refractivity contribution >= 4 is 0 Å². The third-order valence-electron chi connectivity index (χ3n) is 5.34. The molecule has 0 fully saturated rings. The first-order valence-electron chi connectivity index (χ1n) is 12.6. The third kappa shape index (κ3) is 11.2. The number of hydrogen-bond acceptors (Lipinski definition) is 3. The van der Waals surface area contributed by atoms with Crippen molar-refractivity contribution in [2.45, 2.75) is 130 Å². The minimum atomic E-state index is -4.38. The van der Waals surface area contributed by atoms with E-state index in [2.05, 4.69) is 6.92 Å². The van der Waals surface area contributed by atoms with Gasteiger partial charge in [0.2, 0.25) is 0 Å². The molecule has 0 spiro atoms. The van der Waals surface area contributed by atoms with E-state index in [1.807, 2.05) is 41.5 Å². The van der Waals surface area contributed by atoms with E-state index in [1.54, 1.807) is 6.07 Å². The average molecular weight is 475 g/mol. The molecule has 0 aliphatic carbocycles. The summed E-state index contributed by atoms with van der Waals surface area (Å²) in [6.07, 6.45) is 3.02. The first-order chi connectivity index (χ1) is 15.4. The zero-order valence-electron chi connectivity index (χ0n) is 21.6. The Morgan fingerprint density at radius 1 is 0.758 bits per heavy atom. The molecule has 1 aromatic carbocycles. The minimum Gasteiger partial charge on any atom is -0.324 e. The molecule has 0 aliphatic rings. The van der Waals surface area contributed by atoms with Crippen molar-refractivity contribution in [1.29, 1.82) is 0 Å². The maximum absolute atomic E-state index is 13.3. The summed E-state index contributed by atoms with van der Waals surface area (Å²) in [6.45, 7) is 13.7. The quantitative estimate of drug-likeness (QED) is 0.177. The summed E-state index contributed by atoms with van der Waals surface area (Å²) in [5.41, 5.74) is -0.0273. The number of hydrogen-bond donors (Lipinski definition) is 0. The van der Waals surface area contributed by atoms with Gasteiger partial charge in [0.15, 0.2) is 0 Å². The Morgan fingerprint density at radius 2 is 1.27 bits per heavy atom. The summed E-state index contributed by atoms with van der Waals surface area (Å²) < 4.78 is 59.0. The predicted molar refractivity (Wildman–Crippen MR) is 128 cm³/mol. The maximum atomic E-state index is 13.3. The van der Waals surface area contributed by atoms with Crippen LogP contribution in [0.3, 0.4) is 0 Å². The molecule has 3 nitrogen and oxygen atoms in total. The molecule has 0 saturated heterocycles. The zero-order valence-corrected chi connectivity index (χ0v) is 21.6. The Balaban J connectivity index is 3.27. The van der Waals surface area contributed by atoms with E-state index < -0.39 is 17.7 Å². The van der Waals surface area contributed by atoms with Crippen LogP contribution < -0.4 is 0 Å². The third-order valence-corrected chi connectivity index (χ3v) is 5.34. The van der Waals surface area contributed by atoms with Crippen LogP contribution in [0.2, 0.25) is 0 Å². The smallest absolute Gasteiger partial charge is 0.324 e. The van der Waals surface area contributed by atoms with Gasteiger partial charge in [-0.05, 0) is 66.0 Å². The average Bonchev–Trinajstić information content (AvgIpc) is 2.67. The van der Waals surface area contributed by atoms with Crippen LogP contribution in [0, 0.1) is 5.92 Å². The number of ether oxygens (including phenoxy) is 3. The Kier molecular flexibility index (Phi) is 13.0. The van der Waals surface area contributed by atoms with Crippen LogP contribution in [0.15, 0.2) is 24.3 Å². The summed E-state index contributed by atoms with van der Waals surface area (Å²) in [6, 6.07) is 5.56. The molecular weight excluding hydrogens is 429 g/mol. The monoisotopic (exact) mass is 474 g/mol. The van der Waals surface area contributed by atoms with Crippen molar-refractivity contribution < 1.29 is 27.4 Å². The highest BCUT2D eigenvalue weighted by Crippen LogP contribution is 2.37. The summed E-state index contributed by atoms with van der Waals surface area (Å²) in [4.78, 5) is 0. The Labute approximate surface area is 199 Å². The summed E-state index contributed by atoms with van der Waals surface area (Å²) in [5.74, 6) is -1.58. The molecule has 33 heavy (non-hydrogen) atoms. The van der Waals surface area contributed by atoms with Gasteiger partial charge in [0.1, 0.15) is 0 Å². The Morgan fingerprint density at radius 3 is 1.76 bits per heavy atom. The molecule has 1 unspecified atom stereocenters. The molecule has 192 valence electrons. The first kappa shape index (κ1) is 29.9. The summed E-state index contributed by atoms with van der Waals surface area (Å²) >= 11 is 0. The van der Waals surface area contributed by atoms with Gasteiger partial charge in [-0.15, -0.1) is 0 Å². The fraction of sp³-hybridized carbons (Fsp3) is 0.778. The lowest BCUT2D eigenvalue weighted by Crippen LogP contribution is -2.51. The van der Waals surface area contributed by atoms with E-state index in [-0.39, 0.29) is 24.2 Å². The van der Waals surface area contributed by atoms with E-state index in [1.165, 1.54) is 31.4 Å². The van der Waals surface area contributed by atoms with Gasteiger partial charge in [-0.25, -0.2) is 0 Å². The first-order valence-corrected chi connectivity index (χ1v) is 12.6. The second kappa shape index (κ2) is 14.3. The SMILES string of the molecule is CCCCCCCCC(Cc1cccc(C(F)(F)F)c1)C(OC(C)C)(OC(C)C)OC(C)C. The van der Waals surface area contributed by atoms with E-state index in [0.29, 0.717) is 12.0 Å². The molecule has 0 N–H and O–H groups in total. The molecule has 0 aliphatic heterocycles. The van der Waals surface area contributed by atoms with Crippen LogP contribution in [0.4, 0.5) is 13.2 Å². The van der Waals surface area contributed by atoms with Gasteiger partial charge in [0, 0.05) is 5.92 Å². The van der Waals surface area contributed by atoms with Gasteiger partial charge in [-0.2, -0.15) is 13.2 Å². The minimum absolute atomic E-state index is 0.170. The molecule has 0 heterocycles. The molecule has 1 rings (SSSR count). The number of benzene rings is 1. The standard InChI is InChI=1S/C27H45F3O3/c1-8-9-10-11-12-13-16-25(19-23-15-14-17-24(18-23)26(28,29)30)27(31-20(2)3,32-21(4)5)33-22(6)7/h14-15,17-18,20-22,25H,8-13,16,19H2,1-7H3. The Bertz CT molecular complexity index is 630.